The molecule has 25 heavy (non-hydrogen) atoms. The van der Waals surface area contributed by atoms with Crippen molar-refractivity contribution in [2.45, 2.75) is 26.3 Å². The molecule has 1 amide bonds. The van der Waals surface area contributed by atoms with Crippen molar-refractivity contribution in [1.82, 2.24) is 0 Å². The first kappa shape index (κ1) is 17.0. The second kappa shape index (κ2) is 7.38. The van der Waals surface area contributed by atoms with E-state index in [0.717, 1.165) is 17.8 Å². The molecule has 5 heteroatoms. The molecule has 1 N–H and O–H groups in total. The molecular weight excluding hydrogens is 316 g/mol. The highest BCUT2D eigenvalue weighted by atomic mass is 16.5. The number of carbonyl (C=O) groups is 2. The van der Waals surface area contributed by atoms with Gasteiger partial charge in [0.2, 0.25) is 0 Å². The topological polar surface area (TPSA) is 58.6 Å². The number of rotatable bonds is 4. The summed E-state index contributed by atoms with van der Waals surface area (Å²) in [6.07, 6.45) is 0.861. The highest BCUT2D eigenvalue weighted by molar-refractivity contribution is 5.98. The largest absolute Gasteiger partial charge is 0.484 e. The van der Waals surface area contributed by atoms with E-state index >= 15 is 0 Å². The Bertz CT molecular complexity index is 788. The number of nitrogens with zero attached hydrogens (tertiary/aromatic N) is 1. The lowest BCUT2D eigenvalue weighted by atomic mass is 10.1. The fourth-order valence-corrected chi connectivity index (χ4v) is 2.90. The third-order valence-corrected chi connectivity index (χ3v) is 4.29. The minimum atomic E-state index is -0.100. The van der Waals surface area contributed by atoms with Gasteiger partial charge in [0.15, 0.2) is 12.4 Å². The molecule has 0 aromatic heterocycles. The van der Waals surface area contributed by atoms with E-state index in [4.69, 9.17) is 4.74 Å². The van der Waals surface area contributed by atoms with Gasteiger partial charge in [-0.05, 0) is 44.5 Å². The molecule has 2 aromatic carbocycles. The Morgan fingerprint density at radius 3 is 2.80 bits per heavy atom. The molecule has 2 aromatic rings. The Balaban J connectivity index is 1.73. The predicted octanol–water partition coefficient (Wildman–Crippen LogP) is 3.51. The maximum Gasteiger partial charge on any atom is 0.264 e. The molecule has 130 valence electrons. The van der Waals surface area contributed by atoms with E-state index in [1.54, 1.807) is 29.2 Å². The van der Waals surface area contributed by atoms with Crippen molar-refractivity contribution < 1.29 is 14.3 Å². The quantitative estimate of drug-likeness (QED) is 0.867. The van der Waals surface area contributed by atoms with Crippen LogP contribution >= 0.6 is 0 Å². The molecule has 1 heterocycles. The highest BCUT2D eigenvalue weighted by Gasteiger charge is 2.23. The van der Waals surface area contributed by atoms with Gasteiger partial charge in [0.25, 0.3) is 5.91 Å². The van der Waals surface area contributed by atoms with Crippen LogP contribution in [0.1, 0.15) is 30.6 Å². The van der Waals surface area contributed by atoms with E-state index in [2.05, 4.69) is 12.2 Å². The number of ketones is 1. The fourth-order valence-electron chi connectivity index (χ4n) is 2.90. The van der Waals surface area contributed by atoms with Crippen LogP contribution in [-0.2, 0) is 4.79 Å². The van der Waals surface area contributed by atoms with Crippen LogP contribution in [0.15, 0.2) is 48.5 Å². The summed E-state index contributed by atoms with van der Waals surface area (Å²) in [5.41, 5.74) is 2.40. The van der Waals surface area contributed by atoms with Gasteiger partial charge >= 0.3 is 0 Å². The van der Waals surface area contributed by atoms with E-state index in [1.807, 2.05) is 24.3 Å². The number of para-hydroxylation sites is 2. The van der Waals surface area contributed by atoms with Gasteiger partial charge in [-0.25, -0.2) is 0 Å². The van der Waals surface area contributed by atoms with E-state index in [-0.39, 0.29) is 18.3 Å². The first-order valence-corrected chi connectivity index (χ1v) is 8.44. The van der Waals surface area contributed by atoms with Crippen LogP contribution in [0.4, 0.5) is 11.4 Å². The van der Waals surface area contributed by atoms with Gasteiger partial charge in [0.05, 0.1) is 11.4 Å². The van der Waals surface area contributed by atoms with Crippen LogP contribution in [0.3, 0.4) is 0 Å². The molecular formula is C20H22N2O3. The smallest absolute Gasteiger partial charge is 0.264 e. The van der Waals surface area contributed by atoms with Crippen molar-refractivity contribution in [1.29, 1.82) is 0 Å². The number of ether oxygens (including phenoxy) is 1. The summed E-state index contributed by atoms with van der Waals surface area (Å²) in [5.74, 6) is 0.394. The van der Waals surface area contributed by atoms with E-state index in [9.17, 15) is 9.59 Å². The highest BCUT2D eigenvalue weighted by Crippen LogP contribution is 2.29. The van der Waals surface area contributed by atoms with Gasteiger partial charge in [0, 0.05) is 18.2 Å². The molecule has 1 atom stereocenters. The summed E-state index contributed by atoms with van der Waals surface area (Å²) >= 11 is 0. The van der Waals surface area contributed by atoms with Crippen LogP contribution in [0.25, 0.3) is 0 Å². The third kappa shape index (κ3) is 3.99. The fraction of sp³-hybridized carbons (Fsp3) is 0.300. The van der Waals surface area contributed by atoms with E-state index < -0.39 is 0 Å². The number of hydrogen-bond acceptors (Lipinski definition) is 4. The lowest BCUT2D eigenvalue weighted by Gasteiger charge is -2.22. The molecule has 1 aliphatic rings. The number of amides is 1. The molecule has 0 bridgehead atoms. The first-order chi connectivity index (χ1) is 12.0. The summed E-state index contributed by atoms with van der Waals surface area (Å²) in [5, 5.41) is 3.43. The zero-order valence-corrected chi connectivity index (χ0v) is 14.5. The number of fused-ring (bicyclic) bond motifs is 1. The summed E-state index contributed by atoms with van der Waals surface area (Å²) in [6, 6.07) is 15.0. The van der Waals surface area contributed by atoms with Gasteiger partial charge in [0.1, 0.15) is 5.75 Å². The maximum atomic E-state index is 12.7. The summed E-state index contributed by atoms with van der Waals surface area (Å²) in [6.45, 7) is 4.19. The van der Waals surface area contributed by atoms with E-state index in [1.165, 1.54) is 6.92 Å². The molecule has 0 radical (unpaired) electrons. The average Bonchev–Trinajstić information content (AvgIpc) is 2.78. The minimum absolute atomic E-state index is 0.0294. The standard InChI is InChI=1S/C20H22N2O3/c1-14-10-11-22(19-9-4-3-8-18(19)21-14)20(24)13-25-17-7-5-6-16(12-17)15(2)23/h3-9,12,14,21H,10-11,13H2,1-2H3/t14-/m1/s1. The molecule has 0 saturated carbocycles. The maximum absolute atomic E-state index is 12.7. The molecule has 1 aliphatic heterocycles. The van der Waals surface area contributed by atoms with Crippen LogP contribution in [0.5, 0.6) is 5.75 Å². The summed E-state index contributed by atoms with van der Waals surface area (Å²) < 4.78 is 5.63. The van der Waals surface area contributed by atoms with Crippen molar-refractivity contribution in [2.75, 3.05) is 23.4 Å². The third-order valence-electron chi connectivity index (χ3n) is 4.29. The first-order valence-electron chi connectivity index (χ1n) is 8.44. The molecule has 3 rings (SSSR count). The molecule has 0 aliphatic carbocycles. The van der Waals surface area contributed by atoms with Gasteiger partial charge in [-0.2, -0.15) is 0 Å². The normalized spacial score (nSPS) is 16.4. The number of hydrogen-bond donors (Lipinski definition) is 1. The van der Waals surface area contributed by atoms with Crippen molar-refractivity contribution in [3.05, 3.63) is 54.1 Å². The molecule has 0 unspecified atom stereocenters. The zero-order valence-electron chi connectivity index (χ0n) is 14.5. The van der Waals surface area contributed by atoms with Crippen molar-refractivity contribution >= 4 is 23.1 Å². The Kier molecular flexibility index (Phi) is 5.03. The number of carbonyl (C=O) groups excluding carboxylic acids is 2. The van der Waals surface area contributed by atoms with Crippen LogP contribution in [0, 0.1) is 0 Å². The molecule has 5 nitrogen and oxygen atoms in total. The van der Waals surface area contributed by atoms with Gasteiger partial charge in [-0.15, -0.1) is 0 Å². The van der Waals surface area contributed by atoms with Crippen LogP contribution in [0.2, 0.25) is 0 Å². The molecule has 0 fully saturated rings. The molecule has 0 saturated heterocycles. The minimum Gasteiger partial charge on any atom is -0.484 e. The number of benzene rings is 2. The van der Waals surface area contributed by atoms with Crippen molar-refractivity contribution in [3.8, 4) is 5.75 Å². The van der Waals surface area contributed by atoms with Crippen LogP contribution < -0.4 is 15.0 Å². The molecule has 0 spiro atoms. The Labute approximate surface area is 147 Å². The zero-order chi connectivity index (χ0) is 17.8. The average molecular weight is 338 g/mol. The SMILES string of the molecule is CC(=O)c1cccc(OCC(=O)N2CC[C@@H](C)Nc3ccccc32)c1. The lowest BCUT2D eigenvalue weighted by Crippen LogP contribution is -2.35. The van der Waals surface area contributed by atoms with Gasteiger partial charge < -0.3 is 15.0 Å². The summed E-state index contributed by atoms with van der Waals surface area (Å²) in [4.78, 5) is 25.9. The Hall–Kier alpha value is -2.82. The van der Waals surface area contributed by atoms with Crippen molar-refractivity contribution in [3.63, 3.8) is 0 Å². The number of nitrogens with one attached hydrogen (secondary N) is 1. The van der Waals surface area contributed by atoms with Crippen LogP contribution in [-0.4, -0.2) is 30.9 Å². The van der Waals surface area contributed by atoms with E-state index in [0.29, 0.717) is 23.9 Å². The summed E-state index contributed by atoms with van der Waals surface area (Å²) in [7, 11) is 0. The van der Waals surface area contributed by atoms with Crippen molar-refractivity contribution in [2.24, 2.45) is 0 Å². The number of Topliss-reactive ketones (excluding diaryl/α,β-unsaturated/α-hetero) is 1. The predicted molar refractivity (Wildman–Crippen MR) is 98.4 cm³/mol. The second-order valence-electron chi connectivity index (χ2n) is 6.27. The lowest BCUT2D eigenvalue weighted by molar-refractivity contribution is -0.120. The second-order valence-corrected chi connectivity index (χ2v) is 6.27. The Morgan fingerprint density at radius 1 is 1.20 bits per heavy atom. The monoisotopic (exact) mass is 338 g/mol. The number of anilines is 2. The van der Waals surface area contributed by atoms with Gasteiger partial charge in [-0.3, -0.25) is 9.59 Å². The Morgan fingerprint density at radius 2 is 2.00 bits per heavy atom. The van der Waals surface area contributed by atoms with Gasteiger partial charge in [-0.1, -0.05) is 24.3 Å².